The summed E-state index contributed by atoms with van der Waals surface area (Å²) in [4.78, 5) is 18.0. The van der Waals surface area contributed by atoms with Crippen molar-refractivity contribution in [3.8, 4) is 22.8 Å². The van der Waals surface area contributed by atoms with Crippen molar-refractivity contribution in [2.75, 3.05) is 25.6 Å². The van der Waals surface area contributed by atoms with Crippen LogP contribution in [0, 0.1) is 0 Å². The van der Waals surface area contributed by atoms with Crippen molar-refractivity contribution >= 4 is 16.9 Å². The van der Waals surface area contributed by atoms with E-state index in [0.717, 1.165) is 42.6 Å². The summed E-state index contributed by atoms with van der Waals surface area (Å²) in [6, 6.07) is 0. The SMILES string of the molecule is CC(C)(C)n1nc(-c2noc(C3CC3)c2-c2ncc(CCOCCCCO)cn2)c2c(N)ncnc21. The fourth-order valence-electron chi connectivity index (χ4n) is 4.13. The molecule has 0 radical (unpaired) electrons. The molecule has 1 aliphatic carbocycles. The summed E-state index contributed by atoms with van der Waals surface area (Å²) in [6.07, 6.45) is 9.46. The Balaban J connectivity index is 1.50. The van der Waals surface area contributed by atoms with Gasteiger partial charge in [-0.3, -0.25) is 0 Å². The summed E-state index contributed by atoms with van der Waals surface area (Å²) >= 11 is 0. The molecule has 1 aliphatic rings. The Morgan fingerprint density at radius 2 is 1.86 bits per heavy atom. The van der Waals surface area contributed by atoms with Crippen LogP contribution in [0.25, 0.3) is 33.8 Å². The first-order chi connectivity index (χ1) is 17.4. The predicted octanol–water partition coefficient (Wildman–Crippen LogP) is 3.48. The second-order valence-electron chi connectivity index (χ2n) is 10.1. The second-order valence-corrected chi connectivity index (χ2v) is 10.1. The second kappa shape index (κ2) is 9.90. The molecular formula is C25H32N8O3. The minimum atomic E-state index is -0.334. The van der Waals surface area contributed by atoms with E-state index < -0.39 is 0 Å². The molecule has 1 fully saturated rings. The first kappa shape index (κ1) is 24.3. The number of nitrogen functional groups attached to an aromatic ring is 1. The monoisotopic (exact) mass is 492 g/mol. The quantitative estimate of drug-likeness (QED) is 0.315. The van der Waals surface area contributed by atoms with Gasteiger partial charge in [-0.15, -0.1) is 0 Å². The molecule has 11 heteroatoms. The largest absolute Gasteiger partial charge is 0.396 e. The van der Waals surface area contributed by atoms with Crippen molar-refractivity contribution in [2.24, 2.45) is 0 Å². The highest BCUT2D eigenvalue weighted by molar-refractivity contribution is 6.00. The predicted molar refractivity (Wildman–Crippen MR) is 134 cm³/mol. The van der Waals surface area contributed by atoms with Gasteiger partial charge in [-0.1, -0.05) is 5.16 Å². The number of hydrogen-bond acceptors (Lipinski definition) is 10. The Morgan fingerprint density at radius 1 is 1.08 bits per heavy atom. The number of rotatable bonds is 10. The molecule has 0 unspecified atom stereocenters. The molecule has 0 bridgehead atoms. The molecule has 4 aromatic heterocycles. The van der Waals surface area contributed by atoms with Crippen molar-refractivity contribution < 1.29 is 14.4 Å². The van der Waals surface area contributed by atoms with Crippen LogP contribution in [0.1, 0.15) is 63.7 Å². The fourth-order valence-corrected chi connectivity index (χ4v) is 4.13. The van der Waals surface area contributed by atoms with E-state index in [1.54, 1.807) is 0 Å². The molecule has 3 N–H and O–H groups in total. The minimum Gasteiger partial charge on any atom is -0.396 e. The Hall–Kier alpha value is -3.44. The van der Waals surface area contributed by atoms with E-state index in [1.165, 1.54) is 6.33 Å². The van der Waals surface area contributed by atoms with Crippen LogP contribution < -0.4 is 5.73 Å². The molecule has 36 heavy (non-hydrogen) atoms. The van der Waals surface area contributed by atoms with Crippen molar-refractivity contribution in [3.63, 3.8) is 0 Å². The molecule has 11 nitrogen and oxygen atoms in total. The summed E-state index contributed by atoms with van der Waals surface area (Å²) in [5, 5.41) is 18.8. The number of nitrogens with zero attached hydrogens (tertiary/aromatic N) is 7. The molecule has 4 heterocycles. The molecule has 5 rings (SSSR count). The van der Waals surface area contributed by atoms with E-state index in [0.29, 0.717) is 59.6 Å². The Kier molecular flexibility index (Phi) is 6.67. The van der Waals surface area contributed by atoms with Crippen LogP contribution in [0.15, 0.2) is 23.2 Å². The van der Waals surface area contributed by atoms with E-state index in [1.807, 2.05) is 17.1 Å². The van der Waals surface area contributed by atoms with Gasteiger partial charge < -0.3 is 20.1 Å². The number of aromatic nitrogens is 7. The van der Waals surface area contributed by atoms with Gasteiger partial charge in [-0.25, -0.2) is 24.6 Å². The number of anilines is 1. The average Bonchev–Trinajstić information content (AvgIpc) is 3.47. The van der Waals surface area contributed by atoms with Gasteiger partial charge in [0.25, 0.3) is 0 Å². The van der Waals surface area contributed by atoms with Gasteiger partial charge in [-0.2, -0.15) is 5.10 Å². The fraction of sp³-hybridized carbons (Fsp3) is 0.520. The third-order valence-corrected chi connectivity index (χ3v) is 6.18. The normalized spacial score (nSPS) is 14.1. The van der Waals surface area contributed by atoms with Gasteiger partial charge in [0.15, 0.2) is 17.2 Å². The number of aliphatic hydroxyl groups excluding tert-OH is 1. The zero-order valence-electron chi connectivity index (χ0n) is 20.9. The smallest absolute Gasteiger partial charge is 0.165 e. The molecule has 4 aromatic rings. The number of nitrogens with two attached hydrogens (primary N) is 1. The first-order valence-corrected chi connectivity index (χ1v) is 12.4. The summed E-state index contributed by atoms with van der Waals surface area (Å²) in [5.74, 6) is 1.94. The molecule has 0 atom stereocenters. The maximum Gasteiger partial charge on any atom is 0.165 e. The molecule has 1 saturated carbocycles. The Bertz CT molecular complexity index is 1340. The van der Waals surface area contributed by atoms with E-state index in [2.05, 4.69) is 45.9 Å². The molecule has 0 saturated heterocycles. The lowest BCUT2D eigenvalue weighted by Gasteiger charge is -2.19. The van der Waals surface area contributed by atoms with Crippen LogP contribution in [0.4, 0.5) is 5.82 Å². The third-order valence-electron chi connectivity index (χ3n) is 6.18. The zero-order valence-corrected chi connectivity index (χ0v) is 20.9. The van der Waals surface area contributed by atoms with Gasteiger partial charge in [0, 0.05) is 31.5 Å². The van der Waals surface area contributed by atoms with Gasteiger partial charge in [0.1, 0.15) is 23.5 Å². The summed E-state index contributed by atoms with van der Waals surface area (Å²) in [6.45, 7) is 7.57. The third kappa shape index (κ3) is 4.80. The number of ether oxygens (including phenoxy) is 1. The standard InChI is InChI=1S/C25H32N8O3/c1-25(2,3)33-24-18(22(26)29-14-30-24)19(31-33)20-17(21(36-32-20)16-6-7-16)23-27-12-15(13-28-23)8-11-35-10-5-4-9-34/h12-14,16,34H,4-11H2,1-3H3,(H2,26,29,30). The lowest BCUT2D eigenvalue weighted by atomic mass is 10.1. The number of fused-ring (bicyclic) bond motifs is 1. The van der Waals surface area contributed by atoms with Gasteiger partial charge in [0.2, 0.25) is 0 Å². The topological polar surface area (TPSA) is 151 Å². The van der Waals surface area contributed by atoms with Gasteiger partial charge in [0.05, 0.1) is 23.1 Å². The van der Waals surface area contributed by atoms with Crippen LogP contribution in [0.3, 0.4) is 0 Å². The van der Waals surface area contributed by atoms with Crippen molar-refractivity contribution in [1.82, 2.24) is 34.9 Å². The number of hydrogen-bond donors (Lipinski definition) is 2. The van der Waals surface area contributed by atoms with Crippen molar-refractivity contribution in [2.45, 2.75) is 64.3 Å². The van der Waals surface area contributed by atoms with Crippen LogP contribution in [-0.2, 0) is 16.7 Å². The van der Waals surface area contributed by atoms with Crippen LogP contribution in [0.5, 0.6) is 0 Å². The first-order valence-electron chi connectivity index (χ1n) is 12.4. The molecule has 0 spiro atoms. The van der Waals surface area contributed by atoms with Crippen molar-refractivity contribution in [3.05, 3.63) is 30.0 Å². The van der Waals surface area contributed by atoms with E-state index in [4.69, 9.17) is 25.2 Å². The highest BCUT2D eigenvalue weighted by Gasteiger charge is 2.36. The van der Waals surface area contributed by atoms with Crippen LogP contribution in [0.2, 0.25) is 0 Å². The lowest BCUT2D eigenvalue weighted by Crippen LogP contribution is -2.23. The van der Waals surface area contributed by atoms with E-state index in [9.17, 15) is 0 Å². The van der Waals surface area contributed by atoms with Gasteiger partial charge in [-0.05, 0) is 58.4 Å². The molecule has 0 amide bonds. The van der Waals surface area contributed by atoms with E-state index >= 15 is 0 Å². The van der Waals surface area contributed by atoms with E-state index in [-0.39, 0.29) is 12.1 Å². The maximum absolute atomic E-state index is 8.86. The van der Waals surface area contributed by atoms with Crippen LogP contribution >= 0.6 is 0 Å². The highest BCUT2D eigenvalue weighted by atomic mass is 16.5. The van der Waals surface area contributed by atoms with Gasteiger partial charge >= 0.3 is 0 Å². The zero-order chi connectivity index (χ0) is 25.3. The molecule has 190 valence electrons. The maximum atomic E-state index is 8.86. The number of aliphatic hydroxyl groups is 1. The lowest BCUT2D eigenvalue weighted by molar-refractivity contribution is 0.128. The summed E-state index contributed by atoms with van der Waals surface area (Å²) in [5.41, 5.74) is 9.44. The Morgan fingerprint density at radius 3 is 2.56 bits per heavy atom. The number of unbranched alkanes of at least 4 members (excludes halogenated alkanes) is 1. The molecule has 0 aromatic carbocycles. The van der Waals surface area contributed by atoms with Crippen LogP contribution in [-0.4, -0.2) is 59.8 Å². The molecule has 0 aliphatic heterocycles. The Labute approximate surface area is 209 Å². The summed E-state index contributed by atoms with van der Waals surface area (Å²) in [7, 11) is 0. The highest BCUT2D eigenvalue weighted by Crippen LogP contribution is 2.47. The minimum absolute atomic E-state index is 0.193. The van der Waals surface area contributed by atoms with Crippen molar-refractivity contribution in [1.29, 1.82) is 0 Å². The summed E-state index contributed by atoms with van der Waals surface area (Å²) < 4.78 is 13.3. The average molecular weight is 493 g/mol. The molecular weight excluding hydrogens is 460 g/mol.